The van der Waals surface area contributed by atoms with Crippen LogP contribution in [0.3, 0.4) is 0 Å². The highest BCUT2D eigenvalue weighted by Crippen LogP contribution is 2.18. The number of carboxylic acid groups (broad SMARTS) is 1. The molecule has 102 valence electrons. The minimum absolute atomic E-state index is 0.290. The van der Waals surface area contributed by atoms with Crippen molar-refractivity contribution in [2.45, 2.75) is 6.42 Å². The number of hydrogen-bond acceptors (Lipinski definition) is 3. The number of rotatable bonds is 4. The number of ether oxygens (including phenoxy) is 1. The summed E-state index contributed by atoms with van der Waals surface area (Å²) in [6.45, 7) is 0. The van der Waals surface area contributed by atoms with E-state index in [0.29, 0.717) is 12.1 Å². The summed E-state index contributed by atoms with van der Waals surface area (Å²) in [6.07, 6.45) is 0.126. The summed E-state index contributed by atoms with van der Waals surface area (Å²) >= 11 is 0. The second-order valence-corrected chi connectivity index (χ2v) is 3.52. The lowest BCUT2D eigenvalue weighted by Gasteiger charge is -2.03. The van der Waals surface area contributed by atoms with Gasteiger partial charge in [-0.2, -0.15) is 0 Å². The number of aliphatic carboxylic acids is 1. The Morgan fingerprint density at radius 2 is 1.79 bits per heavy atom. The van der Waals surface area contributed by atoms with E-state index in [1.807, 2.05) is 0 Å². The van der Waals surface area contributed by atoms with Crippen LogP contribution in [0.5, 0.6) is 0 Å². The van der Waals surface area contributed by atoms with E-state index in [0.717, 1.165) is 13.2 Å². The summed E-state index contributed by atoms with van der Waals surface area (Å²) in [5, 5.41) is 8.83. The van der Waals surface area contributed by atoms with Gasteiger partial charge in [-0.15, -0.1) is 0 Å². The second kappa shape index (κ2) is 6.03. The summed E-state index contributed by atoms with van der Waals surface area (Å²) in [5.41, 5.74) is -0.975. The monoisotopic (exact) mass is 274 g/mol. The Bertz CT molecular complexity index is 552. The Kier molecular flexibility index (Phi) is 4.68. The molecule has 0 saturated heterocycles. The number of halogens is 3. The summed E-state index contributed by atoms with van der Waals surface area (Å²) in [6, 6.07) is 0.795. The van der Waals surface area contributed by atoms with E-state index in [2.05, 4.69) is 4.74 Å². The molecule has 1 N–H and O–H groups in total. The topological polar surface area (TPSA) is 63.6 Å². The maximum absolute atomic E-state index is 13.3. The van der Waals surface area contributed by atoms with Gasteiger partial charge in [0.2, 0.25) is 0 Å². The first kappa shape index (κ1) is 14.7. The van der Waals surface area contributed by atoms with Gasteiger partial charge in [0.05, 0.1) is 13.5 Å². The molecule has 0 radical (unpaired) electrons. The van der Waals surface area contributed by atoms with E-state index < -0.39 is 46.9 Å². The molecule has 0 aromatic heterocycles. The summed E-state index contributed by atoms with van der Waals surface area (Å²) < 4.78 is 43.2. The molecule has 0 saturated carbocycles. The maximum Gasteiger partial charge on any atom is 0.332 e. The zero-order valence-electron chi connectivity index (χ0n) is 9.75. The smallest absolute Gasteiger partial charge is 0.332 e. The summed E-state index contributed by atoms with van der Waals surface area (Å²) in [7, 11) is 1.06. The van der Waals surface area contributed by atoms with Gasteiger partial charge in [-0.1, -0.05) is 0 Å². The Balaban J connectivity index is 3.19. The molecule has 0 aliphatic carbocycles. The summed E-state index contributed by atoms with van der Waals surface area (Å²) in [4.78, 5) is 21.8. The van der Waals surface area contributed by atoms with E-state index in [-0.39, 0.29) is 0 Å². The van der Waals surface area contributed by atoms with Gasteiger partial charge in [0.1, 0.15) is 5.82 Å². The number of esters is 1. The van der Waals surface area contributed by atoms with Crippen molar-refractivity contribution >= 4 is 18.0 Å². The fourth-order valence-electron chi connectivity index (χ4n) is 1.25. The minimum Gasteiger partial charge on any atom is -0.478 e. The van der Waals surface area contributed by atoms with E-state index in [1.165, 1.54) is 0 Å². The highest BCUT2D eigenvalue weighted by atomic mass is 19.2. The molecular formula is C12H9F3O4. The number of methoxy groups -OCH3 is 1. The van der Waals surface area contributed by atoms with Gasteiger partial charge in [0.25, 0.3) is 0 Å². The average molecular weight is 274 g/mol. The largest absolute Gasteiger partial charge is 0.478 e. The molecule has 0 aliphatic heterocycles. The number of carbonyl (C=O) groups excluding carboxylic acids is 1. The van der Waals surface area contributed by atoms with Crippen LogP contribution in [0.4, 0.5) is 13.2 Å². The van der Waals surface area contributed by atoms with Gasteiger partial charge in [-0.25, -0.2) is 18.0 Å². The molecule has 1 aromatic carbocycles. The fraction of sp³-hybridized carbons (Fsp3) is 0.167. The molecule has 1 rings (SSSR count). The molecule has 19 heavy (non-hydrogen) atoms. The number of carboxylic acids is 1. The van der Waals surface area contributed by atoms with Crippen molar-refractivity contribution < 1.29 is 32.6 Å². The predicted octanol–water partition coefficient (Wildman–Crippen LogP) is 2.13. The predicted molar refractivity (Wildman–Crippen MR) is 58.6 cm³/mol. The van der Waals surface area contributed by atoms with Crippen molar-refractivity contribution in [2.24, 2.45) is 0 Å². The Labute approximate surface area is 106 Å². The third-order valence-electron chi connectivity index (χ3n) is 2.21. The molecule has 0 amide bonds. The lowest BCUT2D eigenvalue weighted by Crippen LogP contribution is -2.09. The molecule has 4 nitrogen and oxygen atoms in total. The number of benzene rings is 1. The van der Waals surface area contributed by atoms with Crippen molar-refractivity contribution in [2.75, 3.05) is 7.11 Å². The van der Waals surface area contributed by atoms with Gasteiger partial charge in [0, 0.05) is 17.2 Å². The quantitative estimate of drug-likeness (QED) is 0.519. The van der Waals surface area contributed by atoms with Crippen LogP contribution < -0.4 is 0 Å². The highest BCUT2D eigenvalue weighted by molar-refractivity contribution is 5.97. The van der Waals surface area contributed by atoms with Crippen molar-refractivity contribution in [1.29, 1.82) is 0 Å². The van der Waals surface area contributed by atoms with Gasteiger partial charge in [-0.3, -0.25) is 4.79 Å². The van der Waals surface area contributed by atoms with Crippen LogP contribution in [0.2, 0.25) is 0 Å². The van der Waals surface area contributed by atoms with Gasteiger partial charge < -0.3 is 9.84 Å². The zero-order valence-corrected chi connectivity index (χ0v) is 9.75. The molecule has 0 heterocycles. The lowest BCUT2D eigenvalue weighted by molar-refractivity contribution is -0.142. The van der Waals surface area contributed by atoms with Crippen molar-refractivity contribution in [3.8, 4) is 0 Å². The normalized spacial score (nSPS) is 11.3. The van der Waals surface area contributed by atoms with Crippen LogP contribution in [-0.2, 0) is 14.3 Å². The van der Waals surface area contributed by atoms with E-state index in [9.17, 15) is 22.8 Å². The van der Waals surface area contributed by atoms with Gasteiger partial charge in [0.15, 0.2) is 11.6 Å². The molecule has 0 atom stereocenters. The number of hydrogen-bond donors (Lipinski definition) is 1. The Morgan fingerprint density at radius 3 is 2.32 bits per heavy atom. The van der Waals surface area contributed by atoms with Crippen LogP contribution in [0.25, 0.3) is 6.08 Å². The first-order chi connectivity index (χ1) is 8.85. The van der Waals surface area contributed by atoms with Crippen molar-refractivity contribution in [1.82, 2.24) is 0 Å². The fourth-order valence-corrected chi connectivity index (χ4v) is 1.25. The van der Waals surface area contributed by atoms with E-state index in [1.54, 1.807) is 0 Å². The first-order valence-electron chi connectivity index (χ1n) is 5.00. The number of carbonyl (C=O) groups is 2. The standard InChI is InChI=1S/C12H9F3O4/c1-19-11(16)4-7(12(17)18)2-6-3-9(14)10(15)5-8(6)13/h2-3,5H,4H2,1H3,(H,17,18). The van der Waals surface area contributed by atoms with Crippen LogP contribution >= 0.6 is 0 Å². The highest BCUT2D eigenvalue weighted by Gasteiger charge is 2.15. The van der Waals surface area contributed by atoms with Gasteiger partial charge in [-0.05, 0) is 12.1 Å². The van der Waals surface area contributed by atoms with Crippen LogP contribution in [-0.4, -0.2) is 24.2 Å². The van der Waals surface area contributed by atoms with Crippen LogP contribution in [0.1, 0.15) is 12.0 Å². The van der Waals surface area contributed by atoms with Crippen molar-refractivity contribution in [3.05, 3.63) is 40.7 Å². The first-order valence-corrected chi connectivity index (χ1v) is 5.00. The molecule has 0 unspecified atom stereocenters. The maximum atomic E-state index is 13.3. The summed E-state index contributed by atoms with van der Waals surface area (Å²) in [5.74, 6) is -6.19. The third-order valence-corrected chi connectivity index (χ3v) is 2.21. The van der Waals surface area contributed by atoms with Crippen molar-refractivity contribution in [3.63, 3.8) is 0 Å². The van der Waals surface area contributed by atoms with Crippen LogP contribution in [0, 0.1) is 17.5 Å². The zero-order chi connectivity index (χ0) is 14.6. The Morgan fingerprint density at radius 1 is 1.21 bits per heavy atom. The minimum atomic E-state index is -1.49. The average Bonchev–Trinajstić information content (AvgIpc) is 2.34. The Hall–Kier alpha value is -2.31. The van der Waals surface area contributed by atoms with Gasteiger partial charge >= 0.3 is 11.9 Å². The molecule has 0 bridgehead atoms. The molecule has 0 aliphatic rings. The molecular weight excluding hydrogens is 265 g/mol. The second-order valence-electron chi connectivity index (χ2n) is 3.52. The molecule has 0 spiro atoms. The molecule has 0 fully saturated rings. The molecule has 1 aromatic rings. The van der Waals surface area contributed by atoms with Crippen LogP contribution in [0.15, 0.2) is 17.7 Å². The third kappa shape index (κ3) is 3.84. The SMILES string of the molecule is COC(=O)CC(=Cc1cc(F)c(F)cc1F)C(=O)O. The van der Waals surface area contributed by atoms with E-state index >= 15 is 0 Å². The molecule has 7 heteroatoms. The lowest BCUT2D eigenvalue weighted by atomic mass is 10.1. The van der Waals surface area contributed by atoms with E-state index in [4.69, 9.17) is 5.11 Å².